The van der Waals surface area contributed by atoms with Gasteiger partial charge in [0.05, 0.1) is 18.1 Å². The number of carboxylic acid groups (broad SMARTS) is 1. The summed E-state index contributed by atoms with van der Waals surface area (Å²) in [6, 6.07) is 2.49. The Morgan fingerprint density at radius 3 is 2.14 bits per heavy atom. The zero-order valence-electron chi connectivity index (χ0n) is 11.0. The Labute approximate surface area is 118 Å². The molecule has 1 amide bonds. The number of carboxylic acids is 1. The first-order valence-corrected chi connectivity index (χ1v) is 5.97. The highest BCUT2D eigenvalue weighted by Gasteiger charge is 2.30. The maximum atomic E-state index is 12.4. The number of alkyl halides is 3. The Hall–Kier alpha value is -2.09. The van der Waals surface area contributed by atoms with Crippen LogP contribution < -0.4 is 5.32 Å². The maximum absolute atomic E-state index is 12.4. The minimum absolute atomic E-state index is 0.283. The fraction of sp³-hybridized carbons (Fsp3) is 0.385. The van der Waals surface area contributed by atoms with E-state index in [2.05, 4.69) is 5.32 Å². The number of amides is 1. The lowest BCUT2D eigenvalue weighted by Crippen LogP contribution is -2.48. The van der Waals surface area contributed by atoms with Crippen molar-refractivity contribution in [2.24, 2.45) is 0 Å². The molecule has 0 saturated heterocycles. The first-order chi connectivity index (χ1) is 9.61. The van der Waals surface area contributed by atoms with Crippen molar-refractivity contribution in [3.63, 3.8) is 0 Å². The molecule has 0 aliphatic rings. The van der Waals surface area contributed by atoms with Crippen molar-refractivity contribution in [3.05, 3.63) is 35.4 Å². The van der Waals surface area contributed by atoms with Crippen molar-refractivity contribution in [3.8, 4) is 0 Å². The van der Waals surface area contributed by atoms with Crippen LogP contribution >= 0.6 is 0 Å². The summed E-state index contributed by atoms with van der Waals surface area (Å²) in [6.45, 7) is 1.21. The smallest absolute Gasteiger partial charge is 0.416 e. The van der Waals surface area contributed by atoms with Crippen LogP contribution in [0.4, 0.5) is 13.2 Å². The average Bonchev–Trinajstić information content (AvgIpc) is 2.34. The van der Waals surface area contributed by atoms with Gasteiger partial charge in [0, 0.05) is 0 Å². The minimum atomic E-state index is -4.46. The second kappa shape index (κ2) is 6.57. The maximum Gasteiger partial charge on any atom is 0.416 e. The SMILES string of the molecule is C[C@@H](O)[C@H](NC(=O)Cc1ccc(C(F)(F)F)cc1)C(=O)O. The molecule has 1 aromatic carbocycles. The number of rotatable bonds is 5. The van der Waals surface area contributed by atoms with E-state index in [1.54, 1.807) is 0 Å². The van der Waals surface area contributed by atoms with E-state index in [0.29, 0.717) is 5.56 Å². The lowest BCUT2D eigenvalue weighted by Gasteiger charge is -2.17. The number of aliphatic carboxylic acids is 1. The highest BCUT2D eigenvalue weighted by atomic mass is 19.4. The molecular weight excluding hydrogens is 291 g/mol. The van der Waals surface area contributed by atoms with Crippen molar-refractivity contribution >= 4 is 11.9 Å². The van der Waals surface area contributed by atoms with Crippen molar-refractivity contribution in [1.82, 2.24) is 5.32 Å². The molecule has 2 atom stereocenters. The van der Waals surface area contributed by atoms with E-state index in [1.807, 2.05) is 0 Å². The van der Waals surface area contributed by atoms with E-state index in [-0.39, 0.29) is 6.42 Å². The molecule has 116 valence electrons. The number of benzene rings is 1. The molecular formula is C13H14F3NO4. The second-order valence-electron chi connectivity index (χ2n) is 4.50. The summed E-state index contributed by atoms with van der Waals surface area (Å²) in [5, 5.41) is 20.1. The fourth-order valence-corrected chi connectivity index (χ4v) is 1.61. The Morgan fingerprint density at radius 2 is 1.76 bits per heavy atom. The number of aliphatic hydroxyl groups is 1. The van der Waals surface area contributed by atoms with Gasteiger partial charge in [0.2, 0.25) is 5.91 Å². The zero-order chi connectivity index (χ0) is 16.2. The average molecular weight is 305 g/mol. The first kappa shape index (κ1) is 17.0. The standard InChI is InChI=1S/C13H14F3NO4/c1-7(18)11(12(20)21)17-10(19)6-8-2-4-9(5-3-8)13(14,15)16/h2-5,7,11,18H,6H2,1H3,(H,17,19)(H,20,21)/t7-,11+/m1/s1. The first-order valence-electron chi connectivity index (χ1n) is 5.97. The van der Waals surface area contributed by atoms with E-state index in [1.165, 1.54) is 6.92 Å². The molecule has 0 fully saturated rings. The van der Waals surface area contributed by atoms with Gasteiger partial charge in [0.15, 0.2) is 6.04 Å². The Bertz CT molecular complexity index is 511. The summed E-state index contributed by atoms with van der Waals surface area (Å²) >= 11 is 0. The predicted octanol–water partition coefficient (Wildman–Crippen LogP) is 1.20. The molecule has 1 rings (SSSR count). The van der Waals surface area contributed by atoms with Crippen LogP contribution in [-0.4, -0.2) is 34.2 Å². The van der Waals surface area contributed by atoms with Gasteiger partial charge < -0.3 is 15.5 Å². The molecule has 0 bridgehead atoms. The highest BCUT2D eigenvalue weighted by molar-refractivity contribution is 5.85. The topological polar surface area (TPSA) is 86.6 Å². The number of carbonyl (C=O) groups is 2. The summed E-state index contributed by atoms with van der Waals surface area (Å²) in [7, 11) is 0. The van der Waals surface area contributed by atoms with Gasteiger partial charge in [-0.3, -0.25) is 4.79 Å². The van der Waals surface area contributed by atoms with Gasteiger partial charge in [-0.05, 0) is 24.6 Å². The summed E-state index contributed by atoms with van der Waals surface area (Å²) in [4.78, 5) is 22.4. The van der Waals surface area contributed by atoms with Gasteiger partial charge in [0.1, 0.15) is 0 Å². The largest absolute Gasteiger partial charge is 0.480 e. The van der Waals surface area contributed by atoms with Crippen LogP contribution in [0.15, 0.2) is 24.3 Å². The molecule has 0 radical (unpaired) electrons. The van der Waals surface area contributed by atoms with E-state index < -0.39 is 35.8 Å². The van der Waals surface area contributed by atoms with Gasteiger partial charge >= 0.3 is 12.1 Å². The second-order valence-corrected chi connectivity index (χ2v) is 4.50. The number of carbonyl (C=O) groups excluding carboxylic acids is 1. The van der Waals surface area contributed by atoms with Gasteiger partial charge in [-0.2, -0.15) is 13.2 Å². The quantitative estimate of drug-likeness (QED) is 0.763. The van der Waals surface area contributed by atoms with Crippen LogP contribution in [0, 0.1) is 0 Å². The van der Waals surface area contributed by atoms with Gasteiger partial charge in [-0.1, -0.05) is 12.1 Å². The monoisotopic (exact) mass is 305 g/mol. The van der Waals surface area contributed by atoms with Crippen molar-refractivity contribution < 1.29 is 33.0 Å². The molecule has 21 heavy (non-hydrogen) atoms. The normalized spacial score (nSPS) is 14.3. The summed E-state index contributed by atoms with van der Waals surface area (Å²) in [5.41, 5.74) is -0.533. The van der Waals surface area contributed by atoms with Crippen LogP contribution in [0.25, 0.3) is 0 Å². The number of hydrogen-bond acceptors (Lipinski definition) is 3. The molecule has 8 heteroatoms. The highest BCUT2D eigenvalue weighted by Crippen LogP contribution is 2.29. The molecule has 0 spiro atoms. The third-order valence-electron chi connectivity index (χ3n) is 2.71. The molecule has 1 aromatic rings. The van der Waals surface area contributed by atoms with Gasteiger partial charge in [-0.25, -0.2) is 4.79 Å². The molecule has 0 unspecified atom stereocenters. The molecule has 0 saturated carbocycles. The number of aliphatic hydroxyl groups excluding tert-OH is 1. The predicted molar refractivity (Wildman–Crippen MR) is 66.4 cm³/mol. The summed E-state index contributed by atoms with van der Waals surface area (Å²) in [5.74, 6) is -2.10. The summed E-state index contributed by atoms with van der Waals surface area (Å²) < 4.78 is 37.1. The van der Waals surface area contributed by atoms with Crippen molar-refractivity contribution in [1.29, 1.82) is 0 Å². The minimum Gasteiger partial charge on any atom is -0.480 e. The van der Waals surface area contributed by atoms with Gasteiger partial charge in [0.25, 0.3) is 0 Å². The van der Waals surface area contributed by atoms with Crippen molar-refractivity contribution in [2.45, 2.75) is 31.7 Å². The lowest BCUT2D eigenvalue weighted by atomic mass is 10.1. The summed E-state index contributed by atoms with van der Waals surface area (Å²) in [6.07, 6.45) is -6.03. The number of halogens is 3. The molecule has 0 aliphatic carbocycles. The molecule has 0 aromatic heterocycles. The Kier molecular flexibility index (Phi) is 5.31. The van der Waals surface area contributed by atoms with Crippen LogP contribution in [0.3, 0.4) is 0 Å². The zero-order valence-corrected chi connectivity index (χ0v) is 11.0. The van der Waals surface area contributed by atoms with Crippen LogP contribution in [0.5, 0.6) is 0 Å². The van der Waals surface area contributed by atoms with E-state index in [9.17, 15) is 27.9 Å². The lowest BCUT2D eigenvalue weighted by molar-refractivity contribution is -0.144. The number of hydrogen-bond donors (Lipinski definition) is 3. The fourth-order valence-electron chi connectivity index (χ4n) is 1.61. The van der Waals surface area contributed by atoms with Crippen molar-refractivity contribution in [2.75, 3.05) is 0 Å². The Balaban J connectivity index is 2.69. The third kappa shape index (κ3) is 5.07. The number of nitrogens with one attached hydrogen (secondary N) is 1. The van der Waals surface area contributed by atoms with Crippen LogP contribution in [-0.2, 0) is 22.2 Å². The van der Waals surface area contributed by atoms with E-state index in [4.69, 9.17) is 5.11 Å². The molecule has 3 N–H and O–H groups in total. The van der Waals surface area contributed by atoms with Gasteiger partial charge in [-0.15, -0.1) is 0 Å². The van der Waals surface area contributed by atoms with Crippen LogP contribution in [0.2, 0.25) is 0 Å². The molecule has 0 heterocycles. The molecule has 0 aliphatic heterocycles. The molecule has 5 nitrogen and oxygen atoms in total. The third-order valence-corrected chi connectivity index (χ3v) is 2.71. The van der Waals surface area contributed by atoms with Crippen LogP contribution in [0.1, 0.15) is 18.1 Å². The van der Waals surface area contributed by atoms with E-state index in [0.717, 1.165) is 24.3 Å². The van der Waals surface area contributed by atoms with E-state index >= 15 is 0 Å². The Morgan fingerprint density at radius 1 is 1.24 bits per heavy atom.